The predicted octanol–water partition coefficient (Wildman–Crippen LogP) is 3.56. The fraction of sp³-hybridized carbons (Fsp3) is 0.231. The lowest BCUT2D eigenvalue weighted by Gasteiger charge is -1.99. The zero-order chi connectivity index (χ0) is 11.1. The topological polar surface area (TPSA) is 24.7 Å². The van der Waals surface area contributed by atoms with Gasteiger partial charge in [0, 0.05) is 0 Å². The Morgan fingerprint density at radius 3 is 2.53 bits per heavy atom. The van der Waals surface area contributed by atoms with Crippen molar-refractivity contribution in [1.29, 1.82) is 0 Å². The molecule has 0 radical (unpaired) electrons. The second kappa shape index (κ2) is 5.91. The van der Waals surface area contributed by atoms with Crippen LogP contribution in [0, 0.1) is 0 Å². The first-order valence-electron chi connectivity index (χ1n) is 4.98. The molecular formula is C13H16N2. The molecule has 0 aliphatic carbocycles. The second-order valence-corrected chi connectivity index (χ2v) is 3.31. The van der Waals surface area contributed by atoms with Gasteiger partial charge in [0.25, 0.3) is 0 Å². The standard InChI is InChI=1S/C13H16N2/c1-4-5-6-12-7-9-13(10-8-12)15-11(2)14-3/h4,7-10H,1,3,5-6H2,2H3. The third kappa shape index (κ3) is 3.90. The van der Waals surface area contributed by atoms with E-state index in [-0.39, 0.29) is 0 Å². The van der Waals surface area contributed by atoms with Gasteiger partial charge >= 0.3 is 0 Å². The van der Waals surface area contributed by atoms with Gasteiger partial charge in [-0.3, -0.25) is 0 Å². The van der Waals surface area contributed by atoms with E-state index < -0.39 is 0 Å². The normalized spacial score (nSPS) is 11.1. The SMILES string of the molecule is C=CCCc1ccc(N=C(C)N=C)cc1. The van der Waals surface area contributed by atoms with E-state index in [9.17, 15) is 0 Å². The van der Waals surface area contributed by atoms with Gasteiger partial charge in [-0.05, 0) is 44.2 Å². The fourth-order valence-electron chi connectivity index (χ4n) is 1.23. The molecule has 0 heterocycles. The van der Waals surface area contributed by atoms with Crippen molar-refractivity contribution in [3.63, 3.8) is 0 Å². The summed E-state index contributed by atoms with van der Waals surface area (Å²) in [7, 11) is 0. The van der Waals surface area contributed by atoms with Crippen LogP contribution in [0.25, 0.3) is 0 Å². The summed E-state index contributed by atoms with van der Waals surface area (Å²) in [5.41, 5.74) is 2.22. The number of allylic oxidation sites excluding steroid dienone is 1. The van der Waals surface area contributed by atoms with Crippen LogP contribution in [-0.2, 0) is 6.42 Å². The molecule has 78 valence electrons. The monoisotopic (exact) mass is 200 g/mol. The number of rotatable bonds is 4. The van der Waals surface area contributed by atoms with E-state index >= 15 is 0 Å². The number of hydrogen-bond acceptors (Lipinski definition) is 1. The maximum absolute atomic E-state index is 4.27. The minimum Gasteiger partial charge on any atom is -0.250 e. The molecule has 0 aliphatic heterocycles. The average Bonchev–Trinajstić information content (AvgIpc) is 2.28. The summed E-state index contributed by atoms with van der Waals surface area (Å²) >= 11 is 0. The van der Waals surface area contributed by atoms with Crippen LogP contribution in [0.4, 0.5) is 5.69 Å². The first kappa shape index (κ1) is 11.4. The lowest BCUT2D eigenvalue weighted by Crippen LogP contribution is -1.84. The zero-order valence-corrected chi connectivity index (χ0v) is 9.11. The van der Waals surface area contributed by atoms with Crippen LogP contribution in [0.1, 0.15) is 18.9 Å². The molecule has 2 heteroatoms. The Balaban J connectivity index is 2.71. The Morgan fingerprint density at radius 2 is 2.00 bits per heavy atom. The van der Waals surface area contributed by atoms with Crippen molar-refractivity contribution in [2.75, 3.05) is 0 Å². The van der Waals surface area contributed by atoms with Gasteiger partial charge in [-0.2, -0.15) is 0 Å². The molecule has 1 aromatic rings. The Morgan fingerprint density at radius 1 is 1.33 bits per heavy atom. The number of benzene rings is 1. The number of hydrogen-bond donors (Lipinski definition) is 0. The number of aryl methyl sites for hydroxylation is 1. The maximum atomic E-state index is 4.27. The number of aliphatic imine (C=N–C) groups is 2. The van der Waals surface area contributed by atoms with Crippen molar-refractivity contribution >= 4 is 18.2 Å². The minimum atomic E-state index is 0.689. The molecule has 0 bridgehead atoms. The van der Waals surface area contributed by atoms with Crippen LogP contribution in [0.2, 0.25) is 0 Å². The summed E-state index contributed by atoms with van der Waals surface area (Å²) in [6, 6.07) is 8.15. The van der Waals surface area contributed by atoms with Gasteiger partial charge in [0.2, 0.25) is 0 Å². The van der Waals surface area contributed by atoms with E-state index in [1.807, 2.05) is 25.1 Å². The highest BCUT2D eigenvalue weighted by atomic mass is 14.9. The maximum Gasteiger partial charge on any atom is 0.125 e. The molecule has 0 saturated heterocycles. The van der Waals surface area contributed by atoms with Crippen molar-refractivity contribution in [2.24, 2.45) is 9.98 Å². The van der Waals surface area contributed by atoms with E-state index in [0.717, 1.165) is 18.5 Å². The first-order valence-corrected chi connectivity index (χ1v) is 4.98. The minimum absolute atomic E-state index is 0.689. The van der Waals surface area contributed by atoms with Crippen molar-refractivity contribution in [3.8, 4) is 0 Å². The number of amidine groups is 1. The third-order valence-electron chi connectivity index (χ3n) is 2.09. The molecule has 0 saturated carbocycles. The lowest BCUT2D eigenvalue weighted by molar-refractivity contribution is 1.00. The van der Waals surface area contributed by atoms with Crippen LogP contribution in [0.15, 0.2) is 46.9 Å². The van der Waals surface area contributed by atoms with Crippen LogP contribution in [-0.4, -0.2) is 12.6 Å². The second-order valence-electron chi connectivity index (χ2n) is 3.31. The molecule has 0 N–H and O–H groups in total. The Hall–Kier alpha value is -1.70. The lowest BCUT2D eigenvalue weighted by atomic mass is 10.1. The van der Waals surface area contributed by atoms with Gasteiger partial charge in [0.1, 0.15) is 5.84 Å². The molecule has 15 heavy (non-hydrogen) atoms. The Labute approximate surface area is 91.1 Å². The van der Waals surface area contributed by atoms with E-state index in [1.165, 1.54) is 5.56 Å². The van der Waals surface area contributed by atoms with Crippen LogP contribution < -0.4 is 0 Å². The quantitative estimate of drug-likeness (QED) is 0.403. The summed E-state index contributed by atoms with van der Waals surface area (Å²) in [6.07, 6.45) is 3.97. The van der Waals surface area contributed by atoms with Gasteiger partial charge in [-0.1, -0.05) is 18.2 Å². The molecule has 1 aromatic carbocycles. The molecule has 0 spiro atoms. The van der Waals surface area contributed by atoms with Gasteiger partial charge in [-0.25, -0.2) is 9.98 Å². The summed E-state index contributed by atoms with van der Waals surface area (Å²) in [5, 5.41) is 0. The molecule has 0 unspecified atom stereocenters. The third-order valence-corrected chi connectivity index (χ3v) is 2.09. The summed E-state index contributed by atoms with van der Waals surface area (Å²) in [6.45, 7) is 8.96. The van der Waals surface area contributed by atoms with Crippen LogP contribution in [0.5, 0.6) is 0 Å². The predicted molar refractivity (Wildman–Crippen MR) is 67.3 cm³/mol. The van der Waals surface area contributed by atoms with E-state index in [4.69, 9.17) is 0 Å². The van der Waals surface area contributed by atoms with E-state index in [0.29, 0.717) is 5.84 Å². The largest absolute Gasteiger partial charge is 0.250 e. The van der Waals surface area contributed by atoms with Crippen molar-refractivity contribution in [1.82, 2.24) is 0 Å². The van der Waals surface area contributed by atoms with Crippen LogP contribution >= 0.6 is 0 Å². The van der Waals surface area contributed by atoms with Gasteiger partial charge in [-0.15, -0.1) is 6.58 Å². The van der Waals surface area contributed by atoms with Crippen molar-refractivity contribution in [3.05, 3.63) is 42.5 Å². The van der Waals surface area contributed by atoms with E-state index in [2.05, 4.69) is 35.4 Å². The highest BCUT2D eigenvalue weighted by Gasteiger charge is 1.93. The smallest absolute Gasteiger partial charge is 0.125 e. The molecule has 2 nitrogen and oxygen atoms in total. The first-order chi connectivity index (χ1) is 7.26. The highest BCUT2D eigenvalue weighted by molar-refractivity contribution is 5.86. The van der Waals surface area contributed by atoms with Crippen molar-refractivity contribution < 1.29 is 0 Å². The van der Waals surface area contributed by atoms with Gasteiger partial charge in [0.05, 0.1) is 5.69 Å². The zero-order valence-electron chi connectivity index (χ0n) is 9.11. The number of nitrogens with zero attached hydrogens (tertiary/aromatic N) is 2. The molecule has 0 atom stereocenters. The Kier molecular flexibility index (Phi) is 4.48. The highest BCUT2D eigenvalue weighted by Crippen LogP contribution is 2.14. The molecule has 0 aromatic heterocycles. The molecule has 0 aliphatic rings. The molecular weight excluding hydrogens is 184 g/mol. The molecule has 0 amide bonds. The van der Waals surface area contributed by atoms with Crippen molar-refractivity contribution in [2.45, 2.75) is 19.8 Å². The van der Waals surface area contributed by atoms with Gasteiger partial charge in [0.15, 0.2) is 0 Å². The van der Waals surface area contributed by atoms with Crippen LogP contribution in [0.3, 0.4) is 0 Å². The van der Waals surface area contributed by atoms with E-state index in [1.54, 1.807) is 0 Å². The average molecular weight is 200 g/mol. The van der Waals surface area contributed by atoms with Gasteiger partial charge < -0.3 is 0 Å². The summed E-state index contributed by atoms with van der Waals surface area (Å²) in [5.74, 6) is 0.689. The summed E-state index contributed by atoms with van der Waals surface area (Å²) < 4.78 is 0. The fourth-order valence-corrected chi connectivity index (χ4v) is 1.23. The molecule has 1 rings (SSSR count). The Bertz CT molecular complexity index is 361. The molecule has 0 fully saturated rings. The summed E-state index contributed by atoms with van der Waals surface area (Å²) in [4.78, 5) is 8.01.